The van der Waals surface area contributed by atoms with Gasteiger partial charge in [0, 0.05) is 29.1 Å². The molecule has 0 aliphatic heterocycles. The maximum absolute atomic E-state index is 13.2. The number of anilines is 2. The molecule has 1 aliphatic rings. The van der Waals surface area contributed by atoms with Crippen LogP contribution in [0, 0.1) is 0 Å². The molecule has 5 rings (SSSR count). The number of hydrogen-bond acceptors (Lipinski definition) is 6. The van der Waals surface area contributed by atoms with Gasteiger partial charge in [0.15, 0.2) is 5.62 Å². The van der Waals surface area contributed by atoms with Gasteiger partial charge in [-0.2, -0.15) is 0 Å². The highest BCUT2D eigenvalue weighted by Crippen LogP contribution is 2.30. The average Bonchev–Trinajstić information content (AvgIpc) is 3.46. The van der Waals surface area contributed by atoms with Crippen LogP contribution in [0.3, 0.4) is 0 Å². The topological polar surface area (TPSA) is 93.2 Å². The van der Waals surface area contributed by atoms with Crippen molar-refractivity contribution in [2.75, 3.05) is 5.32 Å². The van der Waals surface area contributed by atoms with Gasteiger partial charge in [-0.25, -0.2) is 9.97 Å². The van der Waals surface area contributed by atoms with E-state index in [0.29, 0.717) is 18.0 Å². The molecule has 8 heteroatoms. The lowest BCUT2D eigenvalue weighted by molar-refractivity contribution is 0.307. The second-order valence-electron chi connectivity index (χ2n) is 9.55. The first-order valence-electron chi connectivity index (χ1n) is 12.9. The Bertz CT molecular complexity index is 1420. The Kier molecular flexibility index (Phi) is 8.21. The molecule has 4 aromatic rings. The minimum Gasteiger partial charge on any atom is -0.488 e. The maximum atomic E-state index is 13.2. The number of ether oxygens (including phenoxy) is 1. The summed E-state index contributed by atoms with van der Waals surface area (Å²) >= 11 is 0. The van der Waals surface area contributed by atoms with Gasteiger partial charge in [-0.3, -0.25) is 13.7 Å². The molecule has 1 saturated carbocycles. The molecule has 0 amide bonds. The van der Waals surface area contributed by atoms with Crippen molar-refractivity contribution >= 4 is 27.2 Å². The van der Waals surface area contributed by atoms with Gasteiger partial charge in [-0.1, -0.05) is 67.4 Å². The molecule has 0 radical (unpaired) electrons. The molecule has 0 saturated heterocycles. The molecule has 196 valence electrons. The van der Waals surface area contributed by atoms with Crippen LogP contribution in [0.1, 0.15) is 36.8 Å². The minimum atomic E-state index is -3.15. The highest BCUT2D eigenvalue weighted by molar-refractivity contribution is 8.12. The number of nitrogens with zero attached hydrogens (tertiary/aromatic N) is 2. The van der Waals surface area contributed by atoms with E-state index >= 15 is 0 Å². The lowest BCUT2D eigenvalue weighted by Gasteiger charge is -2.23. The first kappa shape index (κ1) is 25.8. The standard InChI is InChI=1S/C30H32N4O3S/c35-22-38(36,34-25-12-4-5-13-25)20-24-11-8-14-26(17-24)33-30-18-28(31-21-32-30)27-15-6-7-16-29(27)37-19-23-9-2-1-3-10-23/h1-3,6-11,14-18,21-22,25,38H,4-5,12-13,19-20H2,(H,34,36)(H,31,32,33). The lowest BCUT2D eigenvalue weighted by Crippen LogP contribution is -2.40. The van der Waals surface area contributed by atoms with E-state index in [4.69, 9.17) is 4.74 Å². The van der Waals surface area contributed by atoms with Crippen LogP contribution < -0.4 is 14.8 Å². The summed E-state index contributed by atoms with van der Waals surface area (Å²) in [5, 5.41) is 3.32. The smallest absolute Gasteiger partial charge is 0.195 e. The Hall–Kier alpha value is -3.88. The normalized spacial score (nSPS) is 14.2. The Morgan fingerprint density at radius 2 is 1.66 bits per heavy atom. The number of rotatable bonds is 11. The van der Waals surface area contributed by atoms with Crippen LogP contribution in [0.5, 0.6) is 5.75 Å². The van der Waals surface area contributed by atoms with E-state index in [1.165, 1.54) is 6.33 Å². The predicted octanol–water partition coefficient (Wildman–Crippen LogP) is 5.62. The van der Waals surface area contributed by atoms with Crippen molar-refractivity contribution in [1.29, 1.82) is 0 Å². The first-order chi connectivity index (χ1) is 18.6. The molecule has 0 bridgehead atoms. The van der Waals surface area contributed by atoms with Crippen molar-refractivity contribution in [3.05, 3.63) is 102 Å². The average molecular weight is 529 g/mol. The van der Waals surface area contributed by atoms with Gasteiger partial charge < -0.3 is 10.1 Å². The summed E-state index contributed by atoms with van der Waals surface area (Å²) in [4.78, 5) is 20.6. The number of hydrogen-bond donors (Lipinski definition) is 3. The number of benzene rings is 3. The van der Waals surface area contributed by atoms with Crippen LogP contribution in [0.15, 0.2) is 91.3 Å². The van der Waals surface area contributed by atoms with Gasteiger partial charge in [-0.05, 0) is 58.4 Å². The van der Waals surface area contributed by atoms with E-state index < -0.39 is 10.1 Å². The molecule has 0 atom stereocenters. The number of carbonyl (C=O) groups excluding carboxylic acids is 1. The zero-order valence-electron chi connectivity index (χ0n) is 21.1. The zero-order valence-corrected chi connectivity index (χ0v) is 22.0. The van der Waals surface area contributed by atoms with Crippen molar-refractivity contribution in [2.24, 2.45) is 0 Å². The molecule has 38 heavy (non-hydrogen) atoms. The van der Waals surface area contributed by atoms with E-state index in [2.05, 4.69) is 20.0 Å². The molecular formula is C30H32N4O3S. The molecule has 0 unspecified atom stereocenters. The van der Waals surface area contributed by atoms with Gasteiger partial charge >= 0.3 is 0 Å². The molecule has 1 aliphatic carbocycles. The molecule has 1 fully saturated rings. The number of para-hydroxylation sites is 1. The summed E-state index contributed by atoms with van der Waals surface area (Å²) in [6.07, 6.45) is 5.67. The van der Waals surface area contributed by atoms with E-state index in [1.54, 1.807) is 0 Å². The third-order valence-electron chi connectivity index (χ3n) is 6.61. The van der Waals surface area contributed by atoms with Crippen LogP contribution in [0.25, 0.3) is 11.3 Å². The van der Waals surface area contributed by atoms with E-state index in [-0.39, 0.29) is 11.8 Å². The predicted molar refractivity (Wildman–Crippen MR) is 153 cm³/mol. The Balaban J connectivity index is 1.30. The summed E-state index contributed by atoms with van der Waals surface area (Å²) in [6.45, 7) is 0.459. The van der Waals surface area contributed by atoms with E-state index in [9.17, 15) is 9.00 Å². The van der Waals surface area contributed by atoms with Crippen LogP contribution in [0.4, 0.5) is 11.5 Å². The van der Waals surface area contributed by atoms with Crippen LogP contribution >= 0.6 is 0 Å². The SMILES string of the molecule is O=C[SH](=O)(Cc1cccc(Nc2cc(-c3ccccc3OCc3ccccc3)ncn2)c1)NC1CCCC1. The van der Waals surface area contributed by atoms with Gasteiger partial charge in [0.05, 0.1) is 5.69 Å². The molecule has 1 aromatic heterocycles. The van der Waals surface area contributed by atoms with E-state index in [0.717, 1.165) is 59.5 Å². The monoisotopic (exact) mass is 528 g/mol. The number of thiol groups is 1. The van der Waals surface area contributed by atoms with Gasteiger partial charge in [0.25, 0.3) is 0 Å². The Morgan fingerprint density at radius 3 is 2.47 bits per heavy atom. The molecular weight excluding hydrogens is 496 g/mol. The highest BCUT2D eigenvalue weighted by Gasteiger charge is 2.23. The Morgan fingerprint density at radius 1 is 0.895 bits per heavy atom. The summed E-state index contributed by atoms with van der Waals surface area (Å²) in [7, 11) is -3.15. The van der Waals surface area contributed by atoms with Gasteiger partial charge in [0.1, 0.15) is 24.5 Å². The van der Waals surface area contributed by atoms with E-state index in [1.807, 2.05) is 84.9 Å². The maximum Gasteiger partial charge on any atom is 0.195 e. The molecule has 7 nitrogen and oxygen atoms in total. The number of aromatic nitrogens is 2. The van der Waals surface area contributed by atoms with Crippen molar-refractivity contribution in [1.82, 2.24) is 14.7 Å². The third-order valence-corrected chi connectivity index (χ3v) is 8.59. The second kappa shape index (κ2) is 12.1. The third kappa shape index (κ3) is 6.70. The molecule has 3 aromatic carbocycles. The van der Waals surface area contributed by atoms with Crippen molar-refractivity contribution < 1.29 is 13.7 Å². The van der Waals surface area contributed by atoms with Crippen LogP contribution in [0.2, 0.25) is 0 Å². The van der Waals surface area contributed by atoms with Gasteiger partial charge in [0.2, 0.25) is 0 Å². The Labute approximate surface area is 224 Å². The fourth-order valence-corrected chi connectivity index (χ4v) is 6.60. The van der Waals surface area contributed by atoms with Crippen molar-refractivity contribution in [3.8, 4) is 17.0 Å². The number of carbonyl (C=O) groups is 1. The largest absolute Gasteiger partial charge is 0.488 e. The quantitative estimate of drug-likeness (QED) is 0.173. The highest BCUT2D eigenvalue weighted by atomic mass is 32.3. The van der Waals surface area contributed by atoms with Crippen molar-refractivity contribution in [2.45, 2.75) is 44.1 Å². The van der Waals surface area contributed by atoms with Crippen molar-refractivity contribution in [3.63, 3.8) is 0 Å². The fourth-order valence-electron chi connectivity index (χ4n) is 4.76. The summed E-state index contributed by atoms with van der Waals surface area (Å²) < 4.78 is 22.5. The summed E-state index contributed by atoms with van der Waals surface area (Å²) in [5.74, 6) is 1.54. The fraction of sp³-hybridized carbons (Fsp3) is 0.233. The summed E-state index contributed by atoms with van der Waals surface area (Å²) in [6, 6.07) is 27.5. The summed E-state index contributed by atoms with van der Waals surface area (Å²) in [5.41, 5.74) is 4.91. The second-order valence-corrected chi connectivity index (χ2v) is 11.9. The lowest BCUT2D eigenvalue weighted by atomic mass is 10.1. The molecule has 1 heterocycles. The minimum absolute atomic E-state index is 0.159. The number of nitrogens with one attached hydrogen (secondary N) is 2. The molecule has 2 N–H and O–H groups in total. The molecule has 0 spiro atoms. The van der Waals surface area contributed by atoms with Crippen LogP contribution in [-0.4, -0.2) is 25.8 Å². The van der Waals surface area contributed by atoms with Gasteiger partial charge in [-0.15, -0.1) is 0 Å². The van der Waals surface area contributed by atoms with Crippen LogP contribution in [-0.2, 0) is 27.3 Å². The zero-order chi connectivity index (χ0) is 26.2. The first-order valence-corrected chi connectivity index (χ1v) is 14.8.